The van der Waals surface area contributed by atoms with E-state index in [0.29, 0.717) is 0 Å². The molecule has 0 N–H and O–H groups in total. The van der Waals surface area contributed by atoms with Gasteiger partial charge in [0.1, 0.15) is 0 Å². The van der Waals surface area contributed by atoms with E-state index in [-0.39, 0.29) is 15.0 Å². The summed E-state index contributed by atoms with van der Waals surface area (Å²) < 4.78 is 8.23. The Hall–Kier alpha value is -1.76. The fraction of sp³-hybridized carbons (Fsp3) is 0.0588. The normalized spacial score (nSPS) is 10.6. The zero-order valence-electron chi connectivity index (χ0n) is 10.7. The van der Waals surface area contributed by atoms with E-state index in [1.807, 2.05) is 0 Å². The number of hydrogen-bond donors (Lipinski definition) is 0. The molecule has 0 amide bonds. The van der Waals surface area contributed by atoms with E-state index < -0.39 is 0 Å². The zero-order chi connectivity index (χ0) is 13.1. The number of methoxy groups -OCH3 is 1. The molecule has 0 heterocycles. The molecule has 0 aliphatic heterocycles. The van der Waals surface area contributed by atoms with Gasteiger partial charge in [-0.3, -0.25) is 0 Å². The van der Waals surface area contributed by atoms with E-state index in [4.69, 9.17) is 4.74 Å². The van der Waals surface area contributed by atoms with Gasteiger partial charge in [-0.25, -0.2) is 0 Å². The number of hydrogen-bond acceptors (Lipinski definition) is 1. The van der Waals surface area contributed by atoms with Crippen LogP contribution in [0.5, 0.6) is 5.75 Å². The molecule has 19 heavy (non-hydrogen) atoms. The molecule has 0 saturated heterocycles. The third-order valence-electron chi connectivity index (χ3n) is 3.03. The Kier molecular flexibility index (Phi) is 3.54. The summed E-state index contributed by atoms with van der Waals surface area (Å²) in [7, 11) is 1.74. The van der Waals surface area contributed by atoms with Crippen molar-refractivity contribution >= 4 is 34.7 Å². The van der Waals surface area contributed by atoms with Gasteiger partial charge < -0.3 is 0 Å². The van der Waals surface area contributed by atoms with Gasteiger partial charge in [0.2, 0.25) is 0 Å². The van der Waals surface area contributed by atoms with Crippen LogP contribution in [0.3, 0.4) is 0 Å². The van der Waals surface area contributed by atoms with Gasteiger partial charge in [0.05, 0.1) is 0 Å². The van der Waals surface area contributed by atoms with Crippen LogP contribution < -0.4 is 13.7 Å². The van der Waals surface area contributed by atoms with Crippen molar-refractivity contribution in [1.82, 2.24) is 0 Å². The van der Waals surface area contributed by atoms with Gasteiger partial charge in [0.25, 0.3) is 0 Å². The first kappa shape index (κ1) is 12.3. The summed E-state index contributed by atoms with van der Waals surface area (Å²) in [5.74, 6) is 0.988. The Balaban J connectivity index is 2.15. The molecular weight excluding hydrogens is 299 g/mol. The molecule has 0 aromatic heterocycles. The molecule has 0 fully saturated rings. The second kappa shape index (κ2) is 5.48. The van der Waals surface area contributed by atoms with Gasteiger partial charge >= 0.3 is 119 Å². The molecule has 0 bridgehead atoms. The van der Waals surface area contributed by atoms with Crippen LogP contribution in [0.15, 0.2) is 66.7 Å². The molecule has 3 rings (SSSR count). The van der Waals surface area contributed by atoms with Crippen LogP contribution in [-0.2, 0) is 0 Å². The second-order valence-electron chi connectivity index (χ2n) is 4.23. The van der Waals surface area contributed by atoms with Crippen LogP contribution in [0.25, 0.3) is 10.8 Å². The minimum absolute atomic E-state index is 0.257. The van der Waals surface area contributed by atoms with E-state index >= 15 is 0 Å². The molecule has 0 saturated carbocycles. The Labute approximate surface area is 119 Å². The number of benzene rings is 3. The van der Waals surface area contributed by atoms with Crippen molar-refractivity contribution in [2.24, 2.45) is 0 Å². The van der Waals surface area contributed by atoms with Crippen molar-refractivity contribution in [2.45, 2.75) is 0 Å². The van der Waals surface area contributed by atoms with Gasteiger partial charge in [-0.05, 0) is 0 Å². The summed E-state index contributed by atoms with van der Waals surface area (Å²) >= 11 is 0.257. The van der Waals surface area contributed by atoms with E-state index in [1.54, 1.807) is 7.11 Å². The summed E-state index contributed by atoms with van der Waals surface area (Å²) in [6.07, 6.45) is 0. The van der Waals surface area contributed by atoms with Crippen molar-refractivity contribution in [3.63, 3.8) is 0 Å². The summed E-state index contributed by atoms with van der Waals surface area (Å²) in [5.41, 5.74) is 0. The topological polar surface area (TPSA) is 9.23 Å². The molecule has 2 heteroatoms. The first-order valence-electron chi connectivity index (χ1n) is 6.17. The minimum atomic E-state index is 0.257. The first-order valence-corrected chi connectivity index (χ1v) is 7.88. The fourth-order valence-corrected chi connectivity index (χ4v) is 4.35. The molecule has 0 aliphatic carbocycles. The van der Waals surface area contributed by atoms with Crippen LogP contribution in [0.4, 0.5) is 0 Å². The average Bonchev–Trinajstić information content (AvgIpc) is 2.49. The van der Waals surface area contributed by atoms with Crippen molar-refractivity contribution in [3.8, 4) is 5.75 Å². The summed E-state index contributed by atoms with van der Waals surface area (Å²) in [5, 5.41) is 2.57. The Morgan fingerprint density at radius 1 is 0.789 bits per heavy atom. The van der Waals surface area contributed by atoms with Crippen LogP contribution in [0.2, 0.25) is 0 Å². The van der Waals surface area contributed by atoms with Crippen molar-refractivity contribution < 1.29 is 4.74 Å². The number of ether oxygens (including phenoxy) is 1. The predicted octanol–water partition coefficient (Wildman–Crippen LogP) is 2.50. The summed E-state index contributed by atoms with van der Waals surface area (Å²) in [6, 6.07) is 23.3. The van der Waals surface area contributed by atoms with Crippen molar-refractivity contribution in [3.05, 3.63) is 66.7 Å². The molecule has 1 nitrogen and oxygen atoms in total. The Morgan fingerprint density at radius 3 is 2.32 bits per heavy atom. The maximum absolute atomic E-state index is 5.54. The third-order valence-corrected chi connectivity index (χ3v) is 5.40. The van der Waals surface area contributed by atoms with Crippen LogP contribution in [0.1, 0.15) is 0 Å². The number of rotatable bonds is 3. The molecule has 3 aromatic rings. The molecule has 0 atom stereocenters. The monoisotopic (exact) mass is 314 g/mol. The zero-order valence-corrected chi connectivity index (χ0v) is 12.4. The molecule has 0 aliphatic rings. The molecule has 0 radical (unpaired) electrons. The fourth-order valence-electron chi connectivity index (χ4n) is 2.10. The van der Waals surface area contributed by atoms with Gasteiger partial charge in [-0.2, -0.15) is 0 Å². The molecule has 3 aromatic carbocycles. The Bertz CT molecular complexity index is 692. The molecule has 0 spiro atoms. The van der Waals surface area contributed by atoms with Gasteiger partial charge in [0.15, 0.2) is 0 Å². The van der Waals surface area contributed by atoms with E-state index in [9.17, 15) is 0 Å². The first-order chi connectivity index (χ1) is 9.38. The molecule has 0 unspecified atom stereocenters. The van der Waals surface area contributed by atoms with E-state index in [0.717, 1.165) is 5.75 Å². The van der Waals surface area contributed by atoms with Crippen molar-refractivity contribution in [2.75, 3.05) is 7.11 Å². The predicted molar refractivity (Wildman–Crippen MR) is 82.0 cm³/mol. The maximum atomic E-state index is 5.54. The van der Waals surface area contributed by atoms with Crippen molar-refractivity contribution in [1.29, 1.82) is 0 Å². The average molecular weight is 313 g/mol. The van der Waals surface area contributed by atoms with Crippen LogP contribution in [0, 0.1) is 0 Å². The second-order valence-corrected chi connectivity index (χ2v) is 6.51. The van der Waals surface area contributed by atoms with Crippen LogP contribution in [-0.4, -0.2) is 22.1 Å². The molecule has 94 valence electrons. The quantitative estimate of drug-likeness (QED) is 0.675. The van der Waals surface area contributed by atoms with Gasteiger partial charge in [0, 0.05) is 0 Å². The van der Waals surface area contributed by atoms with E-state index in [2.05, 4.69) is 66.7 Å². The third kappa shape index (κ3) is 2.51. The van der Waals surface area contributed by atoms with Gasteiger partial charge in [-0.15, -0.1) is 0 Å². The Morgan fingerprint density at radius 2 is 1.53 bits per heavy atom. The van der Waals surface area contributed by atoms with Gasteiger partial charge in [-0.1, -0.05) is 0 Å². The summed E-state index contributed by atoms with van der Waals surface area (Å²) in [6.45, 7) is 0. The standard InChI is InChI=1S/C17H14OSe/c1-18-16-12-11-13-7-5-6-10-15(13)17(16)19-14-8-3-2-4-9-14/h2-12H,1H3. The SMILES string of the molecule is COc1ccc2ccccc2c1[Se]c1ccccc1. The number of fused-ring (bicyclic) bond motifs is 1. The van der Waals surface area contributed by atoms with E-state index in [1.165, 1.54) is 19.7 Å². The molecular formula is C17H14OSe. The van der Waals surface area contributed by atoms with Crippen LogP contribution >= 0.6 is 0 Å². The summed E-state index contributed by atoms with van der Waals surface area (Å²) in [4.78, 5) is 0.